The van der Waals surface area contributed by atoms with E-state index in [4.69, 9.17) is 8.92 Å². The zero-order valence-electron chi connectivity index (χ0n) is 22.4. The number of carbonyl (C=O) groups excluding carboxylic acids is 3. The molecule has 0 saturated carbocycles. The Balaban J connectivity index is 1.36. The lowest BCUT2D eigenvalue weighted by Gasteiger charge is -2.26. The third-order valence-corrected chi connectivity index (χ3v) is 8.69. The average molecular weight is 726 g/mol. The number of imide groups is 2. The second-order valence-electron chi connectivity index (χ2n) is 9.39. The molecule has 0 spiro atoms. The van der Waals surface area contributed by atoms with Gasteiger partial charge in [0, 0.05) is 0 Å². The van der Waals surface area contributed by atoms with Crippen LogP contribution in [-0.2, 0) is 26.3 Å². The monoisotopic (exact) mass is 724 g/mol. The summed E-state index contributed by atoms with van der Waals surface area (Å²) in [6.45, 7) is 2.18. The van der Waals surface area contributed by atoms with Gasteiger partial charge in [-0.2, -0.15) is 8.42 Å². The van der Waals surface area contributed by atoms with E-state index in [-0.39, 0.29) is 30.9 Å². The number of urea groups is 1. The van der Waals surface area contributed by atoms with Crippen LogP contribution in [0.5, 0.6) is 11.5 Å². The molecule has 0 aromatic heterocycles. The van der Waals surface area contributed by atoms with Crippen LogP contribution in [0.4, 0.5) is 10.5 Å². The van der Waals surface area contributed by atoms with E-state index in [9.17, 15) is 22.8 Å². The third-order valence-electron chi connectivity index (χ3n) is 6.28. The Bertz CT molecular complexity index is 1840. The van der Waals surface area contributed by atoms with Crippen LogP contribution in [0, 0.1) is 6.92 Å². The first-order valence-corrected chi connectivity index (χ1v) is 15.7. The van der Waals surface area contributed by atoms with Crippen molar-refractivity contribution < 1.29 is 31.7 Å². The van der Waals surface area contributed by atoms with Crippen molar-refractivity contribution in [1.29, 1.82) is 0 Å². The fourth-order valence-corrected chi connectivity index (χ4v) is 6.66. The summed E-state index contributed by atoms with van der Waals surface area (Å²) in [4.78, 5) is 39.5. The Morgan fingerprint density at radius 2 is 1.49 bits per heavy atom. The molecule has 1 aliphatic rings. The van der Waals surface area contributed by atoms with Gasteiger partial charge in [0.15, 0.2) is 5.75 Å². The molecule has 9 nitrogen and oxygen atoms in total. The van der Waals surface area contributed by atoms with Crippen molar-refractivity contribution in [2.75, 3.05) is 4.90 Å². The molecule has 1 N–H and O–H groups in total. The molecule has 1 aliphatic heterocycles. The molecule has 0 bridgehead atoms. The summed E-state index contributed by atoms with van der Waals surface area (Å²) < 4.78 is 37.2. The number of nitrogens with one attached hydrogen (secondary N) is 1. The molecule has 0 unspecified atom stereocenters. The van der Waals surface area contributed by atoms with Crippen LogP contribution in [0.15, 0.2) is 110 Å². The molecule has 4 aromatic carbocycles. The van der Waals surface area contributed by atoms with E-state index in [1.807, 2.05) is 37.3 Å². The predicted molar refractivity (Wildman–Crippen MR) is 167 cm³/mol. The van der Waals surface area contributed by atoms with Crippen molar-refractivity contribution >= 4 is 71.6 Å². The summed E-state index contributed by atoms with van der Waals surface area (Å²) >= 11 is 6.62. The van der Waals surface area contributed by atoms with Crippen molar-refractivity contribution in [2.24, 2.45) is 0 Å². The van der Waals surface area contributed by atoms with Gasteiger partial charge in [-0.15, -0.1) is 0 Å². The highest BCUT2D eigenvalue weighted by Crippen LogP contribution is 2.37. The Labute approximate surface area is 264 Å². The van der Waals surface area contributed by atoms with Gasteiger partial charge in [-0.05, 0) is 105 Å². The van der Waals surface area contributed by atoms with Gasteiger partial charge in [0.1, 0.15) is 22.8 Å². The summed E-state index contributed by atoms with van der Waals surface area (Å²) in [5.74, 6) is -1.19. The van der Waals surface area contributed by atoms with E-state index in [1.54, 1.807) is 36.4 Å². The summed E-state index contributed by atoms with van der Waals surface area (Å²) in [5.41, 5.74) is 2.17. The molecule has 43 heavy (non-hydrogen) atoms. The van der Waals surface area contributed by atoms with Crippen molar-refractivity contribution in [2.45, 2.75) is 18.4 Å². The lowest BCUT2D eigenvalue weighted by Crippen LogP contribution is -2.54. The number of hydrogen-bond donors (Lipinski definition) is 1. The number of rotatable bonds is 8. The van der Waals surface area contributed by atoms with Gasteiger partial charge in [-0.1, -0.05) is 48.0 Å². The molecule has 1 fully saturated rings. The molecule has 218 valence electrons. The lowest BCUT2D eigenvalue weighted by molar-refractivity contribution is -0.122. The summed E-state index contributed by atoms with van der Waals surface area (Å²) in [5, 5.41) is 2.18. The second kappa shape index (κ2) is 12.5. The molecule has 4 aromatic rings. The number of aryl methyl sites for hydroxylation is 1. The maximum atomic E-state index is 13.4. The van der Waals surface area contributed by atoms with Gasteiger partial charge in [0.2, 0.25) is 0 Å². The number of nitrogens with zero attached hydrogens (tertiary/aromatic N) is 1. The van der Waals surface area contributed by atoms with E-state index >= 15 is 0 Å². The number of halogens is 2. The molecular weight excluding hydrogens is 704 g/mol. The Morgan fingerprint density at radius 3 is 2.12 bits per heavy atom. The smallest absolute Gasteiger partial charge is 0.339 e. The van der Waals surface area contributed by atoms with Crippen LogP contribution < -0.4 is 19.1 Å². The maximum absolute atomic E-state index is 13.4. The summed E-state index contributed by atoms with van der Waals surface area (Å²) in [7, 11) is -4.14. The van der Waals surface area contributed by atoms with E-state index < -0.39 is 28.0 Å². The van der Waals surface area contributed by atoms with Crippen molar-refractivity contribution in [3.63, 3.8) is 0 Å². The van der Waals surface area contributed by atoms with Gasteiger partial charge in [0.25, 0.3) is 11.8 Å². The molecular formula is C31H22Br2N2O7S. The maximum Gasteiger partial charge on any atom is 0.339 e. The van der Waals surface area contributed by atoms with Gasteiger partial charge >= 0.3 is 16.1 Å². The van der Waals surface area contributed by atoms with E-state index in [0.717, 1.165) is 16.0 Å². The average Bonchev–Trinajstić information content (AvgIpc) is 2.97. The second-order valence-corrected chi connectivity index (χ2v) is 12.6. The summed E-state index contributed by atoms with van der Waals surface area (Å²) in [6, 6.07) is 24.2. The van der Waals surface area contributed by atoms with E-state index in [1.165, 1.54) is 30.3 Å². The Kier molecular flexibility index (Phi) is 8.81. The Morgan fingerprint density at radius 1 is 0.860 bits per heavy atom. The molecule has 0 atom stereocenters. The quantitative estimate of drug-likeness (QED) is 0.125. The standard InChI is InChI=1S/C31H22Br2N2O7S/c1-19-7-13-24(14-8-19)43(39,40)42-28-26(32)16-21(17-27(28)33)15-25-29(36)34-31(38)35(30(25)37)22-9-11-23(12-10-22)41-18-20-5-3-2-4-6-20/h2-17H,18H2,1H3,(H,34,36,38)/b25-15+. The highest BCUT2D eigenvalue weighted by Gasteiger charge is 2.37. The first-order chi connectivity index (χ1) is 20.5. The number of carbonyl (C=O) groups is 3. The normalized spacial score (nSPS) is 14.5. The number of barbiturate groups is 1. The number of benzene rings is 4. The largest absolute Gasteiger partial charge is 0.489 e. The fraction of sp³-hybridized carbons (Fsp3) is 0.0645. The molecule has 12 heteroatoms. The number of hydrogen-bond acceptors (Lipinski definition) is 7. The molecule has 1 heterocycles. The SMILES string of the molecule is Cc1ccc(S(=O)(=O)Oc2c(Br)cc(/C=C3\C(=O)NC(=O)N(c4ccc(OCc5ccccc5)cc4)C3=O)cc2Br)cc1. The van der Waals surface area contributed by atoms with Gasteiger partial charge in [0.05, 0.1) is 14.6 Å². The zero-order valence-corrected chi connectivity index (χ0v) is 26.4. The highest BCUT2D eigenvalue weighted by atomic mass is 79.9. The first-order valence-electron chi connectivity index (χ1n) is 12.7. The molecule has 5 rings (SSSR count). The van der Waals surface area contributed by atoms with Crippen molar-refractivity contribution in [3.05, 3.63) is 122 Å². The van der Waals surface area contributed by atoms with Crippen LogP contribution >= 0.6 is 31.9 Å². The van der Waals surface area contributed by atoms with Gasteiger partial charge in [-0.25, -0.2) is 9.69 Å². The zero-order chi connectivity index (χ0) is 30.7. The van der Waals surface area contributed by atoms with Crippen molar-refractivity contribution in [3.8, 4) is 11.5 Å². The first kappa shape index (κ1) is 30.2. The van der Waals surface area contributed by atoms with Crippen LogP contribution in [0.25, 0.3) is 6.08 Å². The van der Waals surface area contributed by atoms with E-state index in [0.29, 0.717) is 17.9 Å². The number of anilines is 1. The summed E-state index contributed by atoms with van der Waals surface area (Å²) in [6.07, 6.45) is 1.29. The van der Waals surface area contributed by atoms with Crippen LogP contribution in [0.1, 0.15) is 16.7 Å². The third kappa shape index (κ3) is 6.87. The Hall–Kier alpha value is -4.26. The van der Waals surface area contributed by atoms with Gasteiger partial charge < -0.3 is 8.92 Å². The van der Waals surface area contributed by atoms with Crippen molar-refractivity contribution in [1.82, 2.24) is 5.32 Å². The molecule has 0 aliphatic carbocycles. The molecule has 4 amide bonds. The minimum absolute atomic E-state index is 0.0199. The lowest BCUT2D eigenvalue weighted by atomic mass is 10.1. The minimum atomic E-state index is -4.14. The molecule has 0 radical (unpaired) electrons. The van der Waals surface area contributed by atoms with Crippen LogP contribution in [-0.4, -0.2) is 26.3 Å². The van der Waals surface area contributed by atoms with Crippen LogP contribution in [0.3, 0.4) is 0 Å². The topological polar surface area (TPSA) is 119 Å². The predicted octanol–water partition coefficient (Wildman–Crippen LogP) is 6.53. The minimum Gasteiger partial charge on any atom is -0.489 e. The van der Waals surface area contributed by atoms with Gasteiger partial charge in [-0.3, -0.25) is 14.9 Å². The number of ether oxygens (including phenoxy) is 1. The highest BCUT2D eigenvalue weighted by molar-refractivity contribution is 9.11. The van der Waals surface area contributed by atoms with Crippen LogP contribution in [0.2, 0.25) is 0 Å². The number of amides is 4. The molecule has 1 saturated heterocycles. The van der Waals surface area contributed by atoms with E-state index in [2.05, 4.69) is 37.2 Å². The fourth-order valence-electron chi connectivity index (χ4n) is 4.10.